The molecule has 3 rings (SSSR count). The van der Waals surface area contributed by atoms with Crippen LogP contribution in [0.25, 0.3) is 0 Å². The molecule has 8 heteroatoms. The van der Waals surface area contributed by atoms with Crippen molar-refractivity contribution in [3.05, 3.63) is 42.4 Å². The Kier molecular flexibility index (Phi) is 3.36. The van der Waals surface area contributed by atoms with Gasteiger partial charge in [0.05, 0.1) is 11.6 Å². The Labute approximate surface area is 118 Å². The fourth-order valence-corrected chi connectivity index (χ4v) is 2.08. The maximum Gasteiger partial charge on any atom is 0.416 e. The lowest BCUT2D eigenvalue weighted by molar-refractivity contribution is -0.137. The van der Waals surface area contributed by atoms with E-state index in [-0.39, 0.29) is 6.04 Å². The fraction of sp³-hybridized carbons (Fsp3) is 0.308. The lowest BCUT2D eigenvalue weighted by Crippen LogP contribution is -2.55. The first-order valence-corrected chi connectivity index (χ1v) is 6.34. The molecule has 2 aromatic heterocycles. The first kappa shape index (κ1) is 13.6. The molecule has 0 atom stereocenters. The largest absolute Gasteiger partial charge is 0.416 e. The van der Waals surface area contributed by atoms with Crippen LogP contribution in [0, 0.1) is 0 Å². The summed E-state index contributed by atoms with van der Waals surface area (Å²) in [5.41, 5.74) is -0.685. The minimum atomic E-state index is -4.35. The van der Waals surface area contributed by atoms with E-state index in [0.29, 0.717) is 24.9 Å². The van der Waals surface area contributed by atoms with Gasteiger partial charge in [0.1, 0.15) is 5.82 Å². The summed E-state index contributed by atoms with van der Waals surface area (Å²) < 4.78 is 37.9. The van der Waals surface area contributed by atoms with Crippen molar-refractivity contribution < 1.29 is 13.2 Å². The van der Waals surface area contributed by atoms with Gasteiger partial charge in [-0.1, -0.05) is 0 Å². The van der Waals surface area contributed by atoms with E-state index in [1.54, 1.807) is 23.4 Å². The van der Waals surface area contributed by atoms with Crippen LogP contribution in [0.1, 0.15) is 5.56 Å². The molecule has 0 unspecified atom stereocenters. The predicted molar refractivity (Wildman–Crippen MR) is 70.9 cm³/mol. The Bertz CT molecular complexity index is 611. The molecule has 21 heavy (non-hydrogen) atoms. The van der Waals surface area contributed by atoms with Crippen LogP contribution in [0.15, 0.2) is 36.8 Å². The van der Waals surface area contributed by atoms with Gasteiger partial charge < -0.3 is 10.2 Å². The highest BCUT2D eigenvalue weighted by Crippen LogP contribution is 2.31. The normalized spacial score (nSPS) is 15.7. The summed E-state index contributed by atoms with van der Waals surface area (Å²) in [7, 11) is 0. The van der Waals surface area contributed by atoms with Crippen molar-refractivity contribution in [2.75, 3.05) is 23.3 Å². The van der Waals surface area contributed by atoms with Crippen molar-refractivity contribution >= 4 is 11.8 Å². The van der Waals surface area contributed by atoms with Gasteiger partial charge in [-0.2, -0.15) is 13.2 Å². The van der Waals surface area contributed by atoms with Crippen molar-refractivity contribution in [3.8, 4) is 0 Å². The Morgan fingerprint density at radius 1 is 1.10 bits per heavy atom. The van der Waals surface area contributed by atoms with Crippen LogP contribution in [0.2, 0.25) is 0 Å². The second kappa shape index (κ2) is 5.19. The summed E-state index contributed by atoms with van der Waals surface area (Å²) in [6.07, 6.45) is 0.0809. The zero-order valence-corrected chi connectivity index (χ0v) is 10.9. The van der Waals surface area contributed by atoms with Crippen LogP contribution in [0.3, 0.4) is 0 Å². The van der Waals surface area contributed by atoms with Gasteiger partial charge in [0, 0.05) is 31.7 Å². The van der Waals surface area contributed by atoms with Gasteiger partial charge in [-0.25, -0.2) is 15.0 Å². The molecule has 1 aliphatic heterocycles. The molecule has 1 N–H and O–H groups in total. The average Bonchev–Trinajstić information content (AvgIpc) is 2.43. The van der Waals surface area contributed by atoms with E-state index in [4.69, 9.17) is 0 Å². The molecule has 0 aliphatic carbocycles. The predicted octanol–water partition coefficient (Wildman–Crippen LogP) is 2.19. The number of hydrogen-bond acceptors (Lipinski definition) is 5. The maximum absolute atomic E-state index is 12.6. The van der Waals surface area contributed by atoms with Gasteiger partial charge in [-0.3, -0.25) is 0 Å². The second-order valence-corrected chi connectivity index (χ2v) is 4.72. The van der Waals surface area contributed by atoms with Crippen LogP contribution < -0.4 is 10.2 Å². The number of hydrogen-bond donors (Lipinski definition) is 1. The van der Waals surface area contributed by atoms with Crippen molar-refractivity contribution in [2.24, 2.45) is 0 Å². The smallest absolute Gasteiger partial charge is 0.352 e. The number of rotatable bonds is 3. The van der Waals surface area contributed by atoms with E-state index in [0.717, 1.165) is 12.1 Å². The number of halogens is 3. The van der Waals surface area contributed by atoms with Crippen LogP contribution in [0.5, 0.6) is 0 Å². The van der Waals surface area contributed by atoms with Gasteiger partial charge in [0.15, 0.2) is 0 Å². The molecule has 1 saturated heterocycles. The van der Waals surface area contributed by atoms with Crippen LogP contribution in [-0.2, 0) is 6.18 Å². The van der Waals surface area contributed by atoms with E-state index < -0.39 is 11.7 Å². The molecule has 0 radical (unpaired) electrons. The fourth-order valence-electron chi connectivity index (χ4n) is 2.08. The third-order valence-corrected chi connectivity index (χ3v) is 3.18. The molecule has 5 nitrogen and oxygen atoms in total. The zero-order chi connectivity index (χ0) is 14.9. The quantitative estimate of drug-likeness (QED) is 0.940. The van der Waals surface area contributed by atoms with E-state index >= 15 is 0 Å². The first-order chi connectivity index (χ1) is 10.0. The third-order valence-electron chi connectivity index (χ3n) is 3.18. The summed E-state index contributed by atoms with van der Waals surface area (Å²) in [5.74, 6) is 0.844. The van der Waals surface area contributed by atoms with Gasteiger partial charge >= 0.3 is 6.18 Å². The zero-order valence-electron chi connectivity index (χ0n) is 10.9. The molecular formula is C13H12F3N5. The molecule has 0 spiro atoms. The maximum atomic E-state index is 12.6. The molecule has 1 aliphatic rings. The monoisotopic (exact) mass is 295 g/mol. The standard InChI is InChI=1S/C13H12F3N5/c14-13(15,16)9-2-5-17-11(6-9)21-7-10(8-21)20-12-18-3-1-4-19-12/h1-6,10H,7-8H2,(H,18,19,20). The number of pyridine rings is 1. The van der Waals surface area contributed by atoms with Crippen molar-refractivity contribution in [1.82, 2.24) is 15.0 Å². The van der Waals surface area contributed by atoms with E-state index in [2.05, 4.69) is 20.3 Å². The Hall–Kier alpha value is -2.38. The highest BCUT2D eigenvalue weighted by Gasteiger charge is 2.33. The van der Waals surface area contributed by atoms with E-state index in [1.165, 1.54) is 6.20 Å². The topological polar surface area (TPSA) is 53.9 Å². The molecule has 1 fully saturated rings. The summed E-state index contributed by atoms with van der Waals surface area (Å²) in [6.45, 7) is 1.12. The molecule has 2 aromatic rings. The number of anilines is 2. The number of nitrogens with one attached hydrogen (secondary N) is 1. The van der Waals surface area contributed by atoms with Gasteiger partial charge in [0.25, 0.3) is 0 Å². The third kappa shape index (κ3) is 3.04. The molecule has 110 valence electrons. The highest BCUT2D eigenvalue weighted by atomic mass is 19.4. The average molecular weight is 295 g/mol. The van der Waals surface area contributed by atoms with E-state index in [1.807, 2.05) is 0 Å². The van der Waals surface area contributed by atoms with Crippen LogP contribution in [-0.4, -0.2) is 34.1 Å². The Morgan fingerprint density at radius 3 is 2.48 bits per heavy atom. The van der Waals surface area contributed by atoms with Gasteiger partial charge in [-0.05, 0) is 18.2 Å². The first-order valence-electron chi connectivity index (χ1n) is 6.34. The molecule has 0 saturated carbocycles. The molecule has 0 bridgehead atoms. The van der Waals surface area contributed by atoms with Crippen molar-refractivity contribution in [2.45, 2.75) is 12.2 Å². The minimum absolute atomic E-state index is 0.101. The lowest BCUT2D eigenvalue weighted by Gasteiger charge is -2.40. The molecular weight excluding hydrogens is 283 g/mol. The SMILES string of the molecule is FC(F)(F)c1ccnc(N2CC(Nc3ncccn3)C2)c1. The highest BCUT2D eigenvalue weighted by molar-refractivity contribution is 5.47. The van der Waals surface area contributed by atoms with Crippen LogP contribution in [0.4, 0.5) is 24.9 Å². The summed E-state index contributed by atoms with van der Waals surface area (Å²) in [6, 6.07) is 3.85. The number of aromatic nitrogens is 3. The second-order valence-electron chi connectivity index (χ2n) is 4.72. The summed E-state index contributed by atoms with van der Waals surface area (Å²) in [4.78, 5) is 13.8. The summed E-state index contributed by atoms with van der Waals surface area (Å²) >= 11 is 0. The number of alkyl halides is 3. The summed E-state index contributed by atoms with van der Waals surface area (Å²) in [5, 5.41) is 3.11. The Balaban J connectivity index is 1.61. The molecule has 0 amide bonds. The van der Waals surface area contributed by atoms with Crippen molar-refractivity contribution in [1.29, 1.82) is 0 Å². The van der Waals surface area contributed by atoms with Gasteiger partial charge in [-0.15, -0.1) is 0 Å². The van der Waals surface area contributed by atoms with Crippen LogP contribution >= 0.6 is 0 Å². The lowest BCUT2D eigenvalue weighted by atomic mass is 10.1. The molecule has 3 heterocycles. The van der Waals surface area contributed by atoms with Gasteiger partial charge in [0.2, 0.25) is 5.95 Å². The Morgan fingerprint density at radius 2 is 1.81 bits per heavy atom. The van der Waals surface area contributed by atoms with E-state index in [9.17, 15) is 13.2 Å². The molecule has 0 aromatic carbocycles. The minimum Gasteiger partial charge on any atom is -0.352 e. The number of nitrogens with zero attached hydrogens (tertiary/aromatic N) is 4. The van der Waals surface area contributed by atoms with Crippen molar-refractivity contribution in [3.63, 3.8) is 0 Å².